The smallest absolute Gasteiger partial charge is 0.146 e. The zero-order chi connectivity index (χ0) is 14.5. The summed E-state index contributed by atoms with van der Waals surface area (Å²) in [6.07, 6.45) is 0. The van der Waals surface area contributed by atoms with E-state index in [1.165, 1.54) is 5.56 Å². The molecule has 1 heterocycles. The van der Waals surface area contributed by atoms with Crippen molar-refractivity contribution in [3.63, 3.8) is 0 Å². The van der Waals surface area contributed by atoms with E-state index in [4.69, 9.17) is 20.8 Å². The standard InChI is InChI=1S/C16H20ClNO2/c1-11(2)18-9-13-8-16(20-12(13)3)10-19-15-6-4-14(17)5-7-15/h4-8,11,18H,9-10H2,1-3H3. The average Bonchev–Trinajstić information content (AvgIpc) is 2.76. The van der Waals surface area contributed by atoms with Crippen LogP contribution in [0.25, 0.3) is 0 Å². The van der Waals surface area contributed by atoms with Gasteiger partial charge in [-0.25, -0.2) is 0 Å². The molecule has 0 aliphatic carbocycles. The van der Waals surface area contributed by atoms with Crippen LogP contribution in [0.4, 0.5) is 0 Å². The van der Waals surface area contributed by atoms with Gasteiger partial charge < -0.3 is 14.5 Å². The summed E-state index contributed by atoms with van der Waals surface area (Å²) >= 11 is 5.83. The van der Waals surface area contributed by atoms with Gasteiger partial charge in [0.15, 0.2) is 0 Å². The van der Waals surface area contributed by atoms with Gasteiger partial charge in [0, 0.05) is 23.2 Å². The second-order valence-corrected chi connectivity index (χ2v) is 5.51. The summed E-state index contributed by atoms with van der Waals surface area (Å²) in [5, 5.41) is 4.08. The molecule has 0 spiro atoms. The highest BCUT2D eigenvalue weighted by atomic mass is 35.5. The van der Waals surface area contributed by atoms with Crippen LogP contribution >= 0.6 is 11.6 Å². The van der Waals surface area contributed by atoms with Crippen molar-refractivity contribution < 1.29 is 9.15 Å². The molecule has 0 amide bonds. The molecule has 2 rings (SSSR count). The predicted octanol–water partition coefficient (Wildman–Crippen LogP) is 4.32. The van der Waals surface area contributed by atoms with E-state index in [1.54, 1.807) is 0 Å². The number of aryl methyl sites for hydroxylation is 1. The molecule has 108 valence electrons. The van der Waals surface area contributed by atoms with Gasteiger partial charge in [0.2, 0.25) is 0 Å². The Bertz CT molecular complexity index is 546. The molecule has 4 heteroatoms. The van der Waals surface area contributed by atoms with Gasteiger partial charge in [0.25, 0.3) is 0 Å². The summed E-state index contributed by atoms with van der Waals surface area (Å²) in [7, 11) is 0. The fourth-order valence-electron chi connectivity index (χ4n) is 1.83. The van der Waals surface area contributed by atoms with Crippen LogP contribution in [0, 0.1) is 6.92 Å². The number of furan rings is 1. The van der Waals surface area contributed by atoms with Gasteiger partial charge in [0.05, 0.1) is 0 Å². The van der Waals surface area contributed by atoms with E-state index in [9.17, 15) is 0 Å². The van der Waals surface area contributed by atoms with Crippen LogP contribution in [0.2, 0.25) is 5.02 Å². The number of ether oxygens (including phenoxy) is 1. The molecule has 0 unspecified atom stereocenters. The summed E-state index contributed by atoms with van der Waals surface area (Å²) in [6, 6.07) is 9.81. The molecular weight excluding hydrogens is 274 g/mol. The molecular formula is C16H20ClNO2. The number of rotatable bonds is 6. The lowest BCUT2D eigenvalue weighted by Crippen LogP contribution is -2.21. The van der Waals surface area contributed by atoms with E-state index < -0.39 is 0 Å². The fraction of sp³-hybridized carbons (Fsp3) is 0.375. The lowest BCUT2D eigenvalue weighted by molar-refractivity contribution is 0.267. The Balaban J connectivity index is 1.93. The molecule has 0 saturated carbocycles. The van der Waals surface area contributed by atoms with Crippen molar-refractivity contribution in [2.24, 2.45) is 0 Å². The second-order valence-electron chi connectivity index (χ2n) is 5.07. The Labute approximate surface area is 124 Å². The van der Waals surface area contributed by atoms with E-state index in [-0.39, 0.29) is 0 Å². The maximum absolute atomic E-state index is 5.83. The van der Waals surface area contributed by atoms with E-state index >= 15 is 0 Å². The topological polar surface area (TPSA) is 34.4 Å². The van der Waals surface area contributed by atoms with Crippen LogP contribution in [0.3, 0.4) is 0 Å². The minimum atomic E-state index is 0.421. The monoisotopic (exact) mass is 293 g/mol. The van der Waals surface area contributed by atoms with Crippen molar-refractivity contribution in [1.29, 1.82) is 0 Å². The highest BCUT2D eigenvalue weighted by Gasteiger charge is 2.08. The molecule has 0 radical (unpaired) electrons. The third-order valence-electron chi connectivity index (χ3n) is 2.97. The molecule has 0 atom stereocenters. The molecule has 1 aromatic heterocycles. The van der Waals surface area contributed by atoms with E-state index in [0.717, 1.165) is 23.8 Å². The Morgan fingerprint density at radius 2 is 1.95 bits per heavy atom. The summed E-state index contributed by atoms with van der Waals surface area (Å²) in [5.74, 6) is 2.55. The van der Waals surface area contributed by atoms with E-state index in [2.05, 4.69) is 19.2 Å². The van der Waals surface area contributed by atoms with Gasteiger partial charge in [-0.05, 0) is 37.3 Å². The van der Waals surface area contributed by atoms with Gasteiger partial charge in [-0.1, -0.05) is 25.4 Å². The highest BCUT2D eigenvalue weighted by Crippen LogP contribution is 2.19. The molecule has 0 aliphatic rings. The van der Waals surface area contributed by atoms with Crippen molar-refractivity contribution in [3.8, 4) is 5.75 Å². The molecule has 0 fully saturated rings. The average molecular weight is 294 g/mol. The number of halogens is 1. The number of hydrogen-bond donors (Lipinski definition) is 1. The molecule has 3 nitrogen and oxygen atoms in total. The minimum absolute atomic E-state index is 0.421. The van der Waals surface area contributed by atoms with Gasteiger partial charge in [-0.2, -0.15) is 0 Å². The Kier molecular flexibility index (Phi) is 5.10. The fourth-order valence-corrected chi connectivity index (χ4v) is 1.96. The van der Waals surface area contributed by atoms with Crippen LogP contribution in [0.15, 0.2) is 34.7 Å². The first-order valence-corrected chi connectivity index (χ1v) is 7.12. The quantitative estimate of drug-likeness (QED) is 0.861. The van der Waals surface area contributed by atoms with Crippen molar-refractivity contribution in [2.45, 2.75) is 40.0 Å². The molecule has 0 aliphatic heterocycles. The van der Waals surface area contributed by atoms with Gasteiger partial charge in [0.1, 0.15) is 23.9 Å². The molecule has 2 aromatic rings. The van der Waals surface area contributed by atoms with Gasteiger partial charge in [-0.15, -0.1) is 0 Å². The first-order valence-electron chi connectivity index (χ1n) is 6.74. The molecule has 20 heavy (non-hydrogen) atoms. The SMILES string of the molecule is Cc1oc(COc2ccc(Cl)cc2)cc1CNC(C)C. The summed E-state index contributed by atoms with van der Waals surface area (Å²) in [6.45, 7) is 7.46. The first-order chi connectivity index (χ1) is 9.54. The highest BCUT2D eigenvalue weighted by molar-refractivity contribution is 6.30. The molecule has 0 saturated heterocycles. The second kappa shape index (κ2) is 6.82. The van der Waals surface area contributed by atoms with Crippen LogP contribution in [-0.2, 0) is 13.2 Å². The predicted molar refractivity (Wildman–Crippen MR) is 81.2 cm³/mol. The third-order valence-corrected chi connectivity index (χ3v) is 3.22. The number of nitrogens with one attached hydrogen (secondary N) is 1. The van der Waals surface area contributed by atoms with Gasteiger partial charge >= 0.3 is 0 Å². The Morgan fingerprint density at radius 1 is 1.25 bits per heavy atom. The summed E-state index contributed by atoms with van der Waals surface area (Å²) in [4.78, 5) is 0. The Morgan fingerprint density at radius 3 is 2.60 bits per heavy atom. The lowest BCUT2D eigenvalue weighted by atomic mass is 10.2. The number of benzene rings is 1. The zero-order valence-electron chi connectivity index (χ0n) is 12.1. The minimum Gasteiger partial charge on any atom is -0.486 e. The maximum atomic E-state index is 5.83. The first kappa shape index (κ1) is 14.9. The van der Waals surface area contributed by atoms with Crippen molar-refractivity contribution >= 4 is 11.6 Å². The van der Waals surface area contributed by atoms with Gasteiger partial charge in [-0.3, -0.25) is 0 Å². The van der Waals surface area contributed by atoms with Crippen LogP contribution in [0.1, 0.15) is 30.9 Å². The normalized spacial score (nSPS) is 11.1. The zero-order valence-corrected chi connectivity index (χ0v) is 12.8. The van der Waals surface area contributed by atoms with Crippen molar-refractivity contribution in [3.05, 3.63) is 52.4 Å². The summed E-state index contributed by atoms with van der Waals surface area (Å²) in [5.41, 5.74) is 1.17. The van der Waals surface area contributed by atoms with Crippen LogP contribution < -0.4 is 10.1 Å². The lowest BCUT2D eigenvalue weighted by Gasteiger charge is -2.06. The molecule has 1 aromatic carbocycles. The largest absolute Gasteiger partial charge is 0.486 e. The maximum Gasteiger partial charge on any atom is 0.146 e. The number of hydrogen-bond acceptors (Lipinski definition) is 3. The third kappa shape index (κ3) is 4.29. The van der Waals surface area contributed by atoms with Crippen molar-refractivity contribution in [2.75, 3.05) is 0 Å². The molecule has 1 N–H and O–H groups in total. The van der Waals surface area contributed by atoms with Crippen LogP contribution in [0.5, 0.6) is 5.75 Å². The van der Waals surface area contributed by atoms with E-state index in [0.29, 0.717) is 17.7 Å². The van der Waals surface area contributed by atoms with Crippen LogP contribution in [-0.4, -0.2) is 6.04 Å². The van der Waals surface area contributed by atoms with Crippen molar-refractivity contribution in [1.82, 2.24) is 5.32 Å². The van der Waals surface area contributed by atoms with E-state index in [1.807, 2.05) is 37.3 Å². The Hall–Kier alpha value is -1.45. The molecule has 0 bridgehead atoms. The summed E-state index contributed by atoms with van der Waals surface area (Å²) < 4.78 is 11.4.